The first-order valence-corrected chi connectivity index (χ1v) is 10.6. The van der Waals surface area contributed by atoms with Crippen molar-refractivity contribution in [2.24, 2.45) is 4.99 Å². The number of nitrogens with one attached hydrogen (secondary N) is 2. The van der Waals surface area contributed by atoms with E-state index in [-0.39, 0.29) is 5.91 Å². The molecule has 0 atom stereocenters. The lowest BCUT2D eigenvalue weighted by Gasteiger charge is -2.13. The third-order valence-corrected chi connectivity index (χ3v) is 5.14. The molecule has 6 nitrogen and oxygen atoms in total. The van der Waals surface area contributed by atoms with Gasteiger partial charge in [0.1, 0.15) is 0 Å². The molecule has 0 saturated heterocycles. The van der Waals surface area contributed by atoms with Crippen LogP contribution in [-0.2, 0) is 12.8 Å². The summed E-state index contributed by atoms with van der Waals surface area (Å²) < 4.78 is 0. The maximum atomic E-state index is 12.1. The summed E-state index contributed by atoms with van der Waals surface area (Å²) in [6, 6.07) is 7.80. The van der Waals surface area contributed by atoms with Gasteiger partial charge < -0.3 is 15.5 Å². The van der Waals surface area contributed by atoms with Crippen molar-refractivity contribution in [1.29, 1.82) is 0 Å². The number of thiazole rings is 1. The SMILES string of the molecule is CCNC(=NCCCc1nc(C)cs1)NCCc1cccc(C(=O)N(C)C)c1. The predicted molar refractivity (Wildman–Crippen MR) is 117 cm³/mol. The highest BCUT2D eigenvalue weighted by molar-refractivity contribution is 7.09. The summed E-state index contributed by atoms with van der Waals surface area (Å²) in [6.07, 6.45) is 2.78. The molecule has 7 heteroatoms. The number of nitrogens with zero attached hydrogens (tertiary/aromatic N) is 3. The van der Waals surface area contributed by atoms with Gasteiger partial charge in [-0.25, -0.2) is 4.98 Å². The van der Waals surface area contributed by atoms with Crippen molar-refractivity contribution in [2.45, 2.75) is 33.1 Å². The van der Waals surface area contributed by atoms with Crippen LogP contribution in [0.2, 0.25) is 0 Å². The van der Waals surface area contributed by atoms with Gasteiger partial charge in [0.15, 0.2) is 5.96 Å². The molecule has 0 aliphatic rings. The van der Waals surface area contributed by atoms with Crippen molar-refractivity contribution in [3.8, 4) is 0 Å². The van der Waals surface area contributed by atoms with Crippen LogP contribution in [-0.4, -0.2) is 55.5 Å². The maximum Gasteiger partial charge on any atom is 0.253 e. The number of carbonyl (C=O) groups excluding carboxylic acids is 1. The average Bonchev–Trinajstić information content (AvgIpc) is 3.09. The molecule has 0 fully saturated rings. The lowest BCUT2D eigenvalue weighted by Crippen LogP contribution is -2.38. The summed E-state index contributed by atoms with van der Waals surface area (Å²) in [5.41, 5.74) is 2.95. The van der Waals surface area contributed by atoms with Gasteiger partial charge in [0, 0.05) is 56.8 Å². The lowest BCUT2D eigenvalue weighted by atomic mass is 10.1. The molecule has 28 heavy (non-hydrogen) atoms. The third-order valence-electron chi connectivity index (χ3n) is 4.12. The molecule has 1 aromatic carbocycles. The molecule has 1 heterocycles. The Balaban J connectivity index is 1.80. The van der Waals surface area contributed by atoms with Crippen molar-refractivity contribution in [2.75, 3.05) is 33.7 Å². The van der Waals surface area contributed by atoms with Gasteiger partial charge in [0.2, 0.25) is 0 Å². The fourth-order valence-electron chi connectivity index (χ4n) is 2.72. The zero-order valence-electron chi connectivity index (χ0n) is 17.3. The molecule has 2 N–H and O–H groups in total. The number of rotatable bonds is 9. The van der Waals surface area contributed by atoms with Crippen LogP contribution in [0.25, 0.3) is 0 Å². The van der Waals surface area contributed by atoms with Gasteiger partial charge >= 0.3 is 0 Å². The molecule has 0 saturated carbocycles. The van der Waals surface area contributed by atoms with Gasteiger partial charge in [-0.15, -0.1) is 11.3 Å². The van der Waals surface area contributed by atoms with E-state index in [4.69, 9.17) is 0 Å². The van der Waals surface area contributed by atoms with Gasteiger partial charge in [-0.2, -0.15) is 0 Å². The number of aryl methyl sites for hydroxylation is 2. The van der Waals surface area contributed by atoms with Crippen LogP contribution >= 0.6 is 11.3 Å². The average molecular weight is 402 g/mol. The molecule has 2 rings (SSSR count). The summed E-state index contributed by atoms with van der Waals surface area (Å²) in [5, 5.41) is 9.92. The molecular weight excluding hydrogens is 370 g/mol. The Bertz CT molecular complexity index is 785. The molecule has 0 bridgehead atoms. The normalized spacial score (nSPS) is 11.4. The van der Waals surface area contributed by atoms with E-state index < -0.39 is 0 Å². The largest absolute Gasteiger partial charge is 0.357 e. The molecule has 2 aromatic rings. The van der Waals surface area contributed by atoms with Crippen LogP contribution < -0.4 is 10.6 Å². The summed E-state index contributed by atoms with van der Waals surface area (Å²) in [7, 11) is 3.54. The minimum Gasteiger partial charge on any atom is -0.357 e. The van der Waals surface area contributed by atoms with Crippen molar-refractivity contribution in [3.63, 3.8) is 0 Å². The Kier molecular flexibility index (Phi) is 8.94. The van der Waals surface area contributed by atoms with Crippen molar-refractivity contribution >= 4 is 23.2 Å². The van der Waals surface area contributed by atoms with E-state index in [1.54, 1.807) is 30.3 Å². The van der Waals surface area contributed by atoms with E-state index in [0.717, 1.165) is 61.7 Å². The first-order chi connectivity index (χ1) is 13.5. The van der Waals surface area contributed by atoms with Crippen molar-refractivity contribution in [1.82, 2.24) is 20.5 Å². The number of carbonyl (C=O) groups is 1. The minimum atomic E-state index is 0.0279. The number of benzene rings is 1. The first kappa shape index (κ1) is 21.9. The van der Waals surface area contributed by atoms with Crippen LogP contribution in [0, 0.1) is 6.92 Å². The van der Waals surface area contributed by atoms with Crippen LogP contribution in [0.3, 0.4) is 0 Å². The smallest absolute Gasteiger partial charge is 0.253 e. The van der Waals surface area contributed by atoms with E-state index in [9.17, 15) is 4.79 Å². The highest BCUT2D eigenvalue weighted by atomic mass is 32.1. The van der Waals surface area contributed by atoms with Gasteiger partial charge in [0.05, 0.1) is 5.01 Å². The van der Waals surface area contributed by atoms with E-state index >= 15 is 0 Å². The molecule has 0 spiro atoms. The topological polar surface area (TPSA) is 69.6 Å². The zero-order chi connectivity index (χ0) is 20.4. The summed E-state index contributed by atoms with van der Waals surface area (Å²) in [5.74, 6) is 0.860. The number of aromatic nitrogens is 1. The highest BCUT2D eigenvalue weighted by Crippen LogP contribution is 2.10. The molecule has 0 aliphatic carbocycles. The second kappa shape index (κ2) is 11.4. The van der Waals surface area contributed by atoms with Gasteiger partial charge in [-0.3, -0.25) is 9.79 Å². The molecule has 152 valence electrons. The zero-order valence-corrected chi connectivity index (χ0v) is 18.1. The molecule has 0 unspecified atom stereocenters. The molecule has 1 amide bonds. The Morgan fingerprint density at radius 1 is 1.25 bits per heavy atom. The van der Waals surface area contributed by atoms with Crippen LogP contribution in [0.5, 0.6) is 0 Å². The third kappa shape index (κ3) is 7.31. The number of hydrogen-bond acceptors (Lipinski definition) is 4. The Morgan fingerprint density at radius 2 is 2.07 bits per heavy atom. The molecule has 1 aromatic heterocycles. The summed E-state index contributed by atoms with van der Waals surface area (Å²) >= 11 is 1.72. The van der Waals surface area contributed by atoms with E-state index in [2.05, 4.69) is 32.9 Å². The van der Waals surface area contributed by atoms with Crippen LogP contribution in [0.15, 0.2) is 34.6 Å². The van der Waals surface area contributed by atoms with Gasteiger partial charge in [-0.05, 0) is 44.4 Å². The monoisotopic (exact) mass is 401 g/mol. The number of guanidine groups is 1. The number of aliphatic imine (C=N–C) groups is 1. The maximum absolute atomic E-state index is 12.1. The Morgan fingerprint density at radius 3 is 2.75 bits per heavy atom. The Labute approximate surface area is 172 Å². The number of amides is 1. The Hall–Kier alpha value is -2.41. The fraction of sp³-hybridized carbons (Fsp3) is 0.476. The van der Waals surface area contributed by atoms with Crippen molar-refractivity contribution < 1.29 is 4.79 Å². The quantitative estimate of drug-likeness (QED) is 0.385. The fourth-order valence-corrected chi connectivity index (χ4v) is 3.54. The molecule has 0 aliphatic heterocycles. The van der Waals surface area contributed by atoms with Gasteiger partial charge in [0.25, 0.3) is 5.91 Å². The van der Waals surface area contributed by atoms with E-state index in [0.29, 0.717) is 0 Å². The van der Waals surface area contributed by atoms with E-state index in [1.165, 1.54) is 5.01 Å². The second-order valence-corrected chi connectivity index (χ2v) is 7.77. The standard InChI is InChI=1S/C21H31N5OS/c1-5-22-21(23-12-7-10-19-25-16(2)15-28-19)24-13-11-17-8-6-9-18(14-17)20(27)26(3)4/h6,8-9,14-15H,5,7,10-13H2,1-4H3,(H2,22,23,24). The molecular formula is C21H31N5OS. The van der Waals surface area contributed by atoms with E-state index in [1.807, 2.05) is 31.2 Å². The minimum absolute atomic E-state index is 0.0279. The van der Waals surface area contributed by atoms with Crippen LogP contribution in [0.4, 0.5) is 0 Å². The first-order valence-electron chi connectivity index (χ1n) is 9.73. The van der Waals surface area contributed by atoms with Gasteiger partial charge in [-0.1, -0.05) is 12.1 Å². The number of hydrogen-bond donors (Lipinski definition) is 2. The van der Waals surface area contributed by atoms with Crippen LogP contribution in [0.1, 0.15) is 40.0 Å². The predicted octanol–water partition coefficient (Wildman–Crippen LogP) is 2.88. The summed E-state index contributed by atoms with van der Waals surface area (Å²) in [6.45, 7) is 6.44. The highest BCUT2D eigenvalue weighted by Gasteiger charge is 2.08. The lowest BCUT2D eigenvalue weighted by molar-refractivity contribution is 0.0827. The summed E-state index contributed by atoms with van der Waals surface area (Å²) in [4.78, 5) is 22.8. The molecule has 0 radical (unpaired) electrons. The second-order valence-electron chi connectivity index (χ2n) is 6.82. The van der Waals surface area contributed by atoms with Crippen molar-refractivity contribution in [3.05, 3.63) is 51.5 Å².